The van der Waals surface area contributed by atoms with E-state index in [2.05, 4.69) is 35.9 Å². The molecule has 2 fully saturated rings. The number of likely N-dealkylation sites (tertiary alicyclic amines) is 2. The molecule has 12 nitrogen and oxygen atoms in total. The first-order chi connectivity index (χ1) is 31.2. The van der Waals surface area contributed by atoms with E-state index in [4.69, 9.17) is 25.9 Å². The first-order valence-corrected chi connectivity index (χ1v) is 23.1. The van der Waals surface area contributed by atoms with Gasteiger partial charge in [-0.05, 0) is 98.4 Å². The molecule has 0 saturated carbocycles. The Hall–Kier alpha value is -5.67. The van der Waals surface area contributed by atoms with Crippen LogP contribution < -0.4 is 20.9 Å². The van der Waals surface area contributed by atoms with Crippen molar-refractivity contribution in [1.82, 2.24) is 24.3 Å². The highest BCUT2D eigenvalue weighted by molar-refractivity contribution is 5.95. The molecule has 2 saturated heterocycles. The van der Waals surface area contributed by atoms with Crippen LogP contribution in [0.4, 0.5) is 13.2 Å². The molecule has 5 N–H and O–H groups in total. The second kappa shape index (κ2) is 19.0. The van der Waals surface area contributed by atoms with E-state index < -0.39 is 30.7 Å². The van der Waals surface area contributed by atoms with Crippen LogP contribution in [-0.2, 0) is 9.59 Å². The summed E-state index contributed by atoms with van der Waals surface area (Å²) in [6.07, 6.45) is 5.58. The maximum atomic E-state index is 16.8. The number of hydrogen-bond acceptors (Lipinski definition) is 8. The van der Waals surface area contributed by atoms with Crippen LogP contribution in [0.2, 0.25) is 0 Å². The lowest BCUT2D eigenvalue weighted by Crippen LogP contribution is -2.50. The van der Waals surface area contributed by atoms with Crippen LogP contribution in [0.25, 0.3) is 33.4 Å². The normalized spacial score (nSPS) is 20.1. The number of aromatic amines is 1. The van der Waals surface area contributed by atoms with Crippen LogP contribution in [-0.4, -0.2) is 86.2 Å². The van der Waals surface area contributed by atoms with Crippen molar-refractivity contribution in [1.29, 1.82) is 0 Å². The molecule has 3 aromatic carbocycles. The quantitative estimate of drug-likeness (QED) is 0.0885. The molecule has 5 aromatic rings. The molecule has 65 heavy (non-hydrogen) atoms. The summed E-state index contributed by atoms with van der Waals surface area (Å²) in [5.74, 6) is 0.239. The largest absolute Gasteiger partial charge is 0.465 e. The fourth-order valence-corrected chi connectivity index (χ4v) is 9.71. The highest BCUT2D eigenvalue weighted by Crippen LogP contribution is 2.48. The summed E-state index contributed by atoms with van der Waals surface area (Å²) in [6.45, 7) is 10.7. The molecule has 3 aliphatic heterocycles. The number of carbonyl (C=O) groups excluding carboxylic acids is 2. The third kappa shape index (κ3) is 9.01. The average molecular weight is 895 g/mol. The number of nitrogens with zero attached hydrogens (tertiary/aromatic N) is 5. The Morgan fingerprint density at radius 2 is 1.66 bits per heavy atom. The van der Waals surface area contributed by atoms with Crippen LogP contribution in [0.1, 0.15) is 115 Å². The van der Waals surface area contributed by atoms with E-state index in [1.165, 1.54) is 18.2 Å². The van der Waals surface area contributed by atoms with Crippen molar-refractivity contribution in [3.63, 3.8) is 0 Å². The summed E-state index contributed by atoms with van der Waals surface area (Å²) in [5, 5.41) is 0.849. The van der Waals surface area contributed by atoms with E-state index in [1.807, 2.05) is 49.3 Å². The first-order valence-electron chi connectivity index (χ1n) is 23.1. The number of ether oxygens (including phenoxy) is 2. The lowest BCUT2D eigenvalue weighted by Gasteiger charge is -2.31. The van der Waals surface area contributed by atoms with Gasteiger partial charge < -0.3 is 40.3 Å². The van der Waals surface area contributed by atoms with Gasteiger partial charge in [-0.1, -0.05) is 59.7 Å². The second-order valence-corrected chi connectivity index (χ2v) is 18.4. The van der Waals surface area contributed by atoms with E-state index in [-0.39, 0.29) is 58.7 Å². The molecular weight excluding hydrogens is 834 g/mol. The molecule has 346 valence electrons. The van der Waals surface area contributed by atoms with Crippen molar-refractivity contribution < 1.29 is 32.2 Å². The van der Waals surface area contributed by atoms with Gasteiger partial charge in [0.25, 0.3) is 0 Å². The van der Waals surface area contributed by atoms with Gasteiger partial charge in [0.1, 0.15) is 23.1 Å². The van der Waals surface area contributed by atoms with E-state index in [1.54, 1.807) is 29.3 Å². The van der Waals surface area contributed by atoms with Crippen molar-refractivity contribution in [3.8, 4) is 34.0 Å². The summed E-state index contributed by atoms with van der Waals surface area (Å²) in [6, 6.07) is 16.2. The molecular formula is C50H61F3N8O4. The number of imidazole rings is 1. The van der Waals surface area contributed by atoms with Crippen LogP contribution in [0.5, 0.6) is 11.5 Å². The Morgan fingerprint density at radius 3 is 2.37 bits per heavy atom. The number of fused-ring (bicyclic) bond motifs is 5. The Kier molecular flexibility index (Phi) is 13.4. The summed E-state index contributed by atoms with van der Waals surface area (Å²) >= 11 is 0. The van der Waals surface area contributed by atoms with Crippen molar-refractivity contribution in [2.24, 2.45) is 28.3 Å². The number of nitrogens with two attached hydrogens (primary N) is 2. The third-order valence-electron chi connectivity index (χ3n) is 13.5. The summed E-state index contributed by atoms with van der Waals surface area (Å²) in [7, 11) is 0. The fourth-order valence-electron chi connectivity index (χ4n) is 9.71. The number of benzene rings is 3. The summed E-state index contributed by atoms with van der Waals surface area (Å²) < 4.78 is 57.1. The summed E-state index contributed by atoms with van der Waals surface area (Å²) in [5.41, 5.74) is 17.8. The number of H-pyrrole nitrogens is 1. The molecule has 5 heterocycles. The van der Waals surface area contributed by atoms with E-state index in [0.29, 0.717) is 48.0 Å². The van der Waals surface area contributed by atoms with E-state index in [9.17, 15) is 18.4 Å². The molecule has 0 spiro atoms. The Bertz CT molecular complexity index is 2570. The fraction of sp³-hybridized carbons (Fsp3) is 0.480. The van der Waals surface area contributed by atoms with E-state index in [0.717, 1.165) is 60.7 Å². The van der Waals surface area contributed by atoms with Gasteiger partial charge >= 0.3 is 6.61 Å². The molecule has 15 heteroatoms. The predicted octanol–water partition coefficient (Wildman–Crippen LogP) is 9.34. The third-order valence-corrected chi connectivity index (χ3v) is 13.5. The van der Waals surface area contributed by atoms with Crippen LogP contribution in [0, 0.1) is 17.7 Å². The molecule has 2 unspecified atom stereocenters. The van der Waals surface area contributed by atoms with Crippen molar-refractivity contribution in [2.75, 3.05) is 19.6 Å². The molecule has 2 aromatic heterocycles. The molecule has 8 rings (SSSR count). The Morgan fingerprint density at radius 1 is 0.938 bits per heavy atom. The summed E-state index contributed by atoms with van der Waals surface area (Å²) in [4.78, 5) is 43.5. The second-order valence-electron chi connectivity index (χ2n) is 18.4. The number of aliphatic imine (C=N–C) groups is 1. The topological polar surface area (TPSA) is 157 Å². The molecule has 0 aliphatic carbocycles. The number of nitrogens with one attached hydrogen (secondary N) is 1. The molecule has 0 bridgehead atoms. The number of halogens is 3. The van der Waals surface area contributed by atoms with Crippen molar-refractivity contribution in [2.45, 2.75) is 123 Å². The number of aromatic nitrogens is 3. The van der Waals surface area contributed by atoms with Crippen LogP contribution >= 0.6 is 0 Å². The van der Waals surface area contributed by atoms with Crippen molar-refractivity contribution in [3.05, 3.63) is 89.6 Å². The SMILES string of the molecule is CC/C(=N\CC(CC)c1ccc2c(c1)cc1n2C(c2cccc(OC(F)F)c2)Oc2cc(-c3cnc([C@@H]4CCCN4C(=O)[C@@H](N)C(C)C)[nH]3)cc(F)c2-1)[C@@H]1CCCN1C(=O)[C@@H](N)C(C)C. The van der Waals surface area contributed by atoms with Gasteiger partial charge in [0.15, 0.2) is 0 Å². The first kappa shape index (κ1) is 45.9. The minimum Gasteiger partial charge on any atom is -0.465 e. The molecule has 2 amide bonds. The smallest absolute Gasteiger partial charge is 0.387 e. The van der Waals surface area contributed by atoms with E-state index >= 15 is 4.39 Å². The Balaban J connectivity index is 1.14. The highest BCUT2D eigenvalue weighted by Gasteiger charge is 2.38. The number of carbonyl (C=O) groups is 2. The van der Waals surface area contributed by atoms with Gasteiger partial charge in [0.05, 0.1) is 52.8 Å². The monoisotopic (exact) mass is 894 g/mol. The standard InChI is InChI=1S/C50H61F3N8O4/c1-7-29(25-56-36(8-2)39-14-10-18-59(39)47(62)44(54)27(3)4)30-16-17-38-33(20-30)23-41-43-35(51)22-32(24-42(43)65-49(61(38)41)31-12-9-13-34(21-31)64-50(52)53)37-26-57-46(58-37)40-15-11-19-60(40)48(63)45(55)28(5)6/h9,12-13,16-17,20-24,26-29,39-40,44-45,49-50H,7-8,10-11,14-15,18-19,25,54-55H2,1-6H3,(H,57,58)/b56-36+/t29?,39-,40-,44-,45-,49?/m0/s1. The zero-order valence-corrected chi connectivity index (χ0v) is 38.1. The van der Waals surface area contributed by atoms with Crippen molar-refractivity contribution >= 4 is 28.4 Å². The lowest BCUT2D eigenvalue weighted by molar-refractivity contribution is -0.135. The van der Waals surface area contributed by atoms with Gasteiger partial charge in [0, 0.05) is 47.8 Å². The highest BCUT2D eigenvalue weighted by atomic mass is 19.3. The molecule has 6 atom stereocenters. The van der Waals surface area contributed by atoms with Crippen LogP contribution in [0.15, 0.2) is 71.9 Å². The zero-order chi connectivity index (χ0) is 46.3. The van der Waals surface area contributed by atoms with Crippen LogP contribution in [0.3, 0.4) is 0 Å². The van der Waals surface area contributed by atoms with Gasteiger partial charge in [-0.25, -0.2) is 9.37 Å². The minimum absolute atomic E-state index is 0.0198. The minimum atomic E-state index is -3.02. The average Bonchev–Trinajstić information content (AvgIpc) is 4.13. The van der Waals surface area contributed by atoms with Gasteiger partial charge in [-0.3, -0.25) is 14.6 Å². The lowest BCUT2D eigenvalue weighted by atomic mass is 9.95. The van der Waals surface area contributed by atoms with Gasteiger partial charge in [0.2, 0.25) is 18.0 Å². The maximum absolute atomic E-state index is 16.8. The number of alkyl halides is 2. The zero-order valence-electron chi connectivity index (χ0n) is 38.1. The Labute approximate surface area is 378 Å². The molecule has 0 radical (unpaired) electrons. The predicted molar refractivity (Wildman–Crippen MR) is 246 cm³/mol. The van der Waals surface area contributed by atoms with Gasteiger partial charge in [-0.2, -0.15) is 8.78 Å². The molecule has 3 aliphatic rings. The maximum Gasteiger partial charge on any atom is 0.387 e. The number of hydrogen-bond donors (Lipinski definition) is 3. The van der Waals surface area contributed by atoms with Gasteiger partial charge in [-0.15, -0.1) is 0 Å². The number of rotatable bonds is 15. The number of amides is 2.